The molecule has 7 unspecified atom stereocenters. The largest absolute Gasteiger partial charge is 0.0995 e. The standard InChI is InChI=1S/C19H30/c1-5-14-13(3)10-19-15(12(2)6-7-16(14)19)8-9-18(4)11-17(18)19/h12,14-17H,3,5-11H2,1-2,4H3. The molecule has 19 heavy (non-hydrogen) atoms. The van der Waals surface area contributed by atoms with Gasteiger partial charge >= 0.3 is 0 Å². The highest BCUT2D eigenvalue weighted by molar-refractivity contribution is 5.27. The van der Waals surface area contributed by atoms with Crippen LogP contribution in [-0.2, 0) is 0 Å². The van der Waals surface area contributed by atoms with Crippen molar-refractivity contribution < 1.29 is 0 Å². The summed E-state index contributed by atoms with van der Waals surface area (Å²) in [5, 5.41) is 0. The van der Waals surface area contributed by atoms with E-state index in [0.717, 1.165) is 35.0 Å². The summed E-state index contributed by atoms with van der Waals surface area (Å²) in [6.45, 7) is 12.1. The topological polar surface area (TPSA) is 0 Å². The summed E-state index contributed by atoms with van der Waals surface area (Å²) in [6, 6.07) is 0. The third-order valence-corrected chi connectivity index (χ3v) is 8.01. The molecule has 0 aromatic rings. The molecule has 0 amide bonds. The fourth-order valence-electron chi connectivity index (χ4n) is 7.14. The van der Waals surface area contributed by atoms with Gasteiger partial charge in [-0.05, 0) is 78.9 Å². The number of fused-ring (bicyclic) bond motifs is 1. The van der Waals surface area contributed by atoms with E-state index in [4.69, 9.17) is 0 Å². The Labute approximate surface area is 119 Å². The quantitative estimate of drug-likeness (QED) is 0.549. The van der Waals surface area contributed by atoms with E-state index >= 15 is 0 Å². The van der Waals surface area contributed by atoms with Crippen molar-refractivity contribution in [2.75, 3.05) is 0 Å². The van der Waals surface area contributed by atoms with E-state index in [1.807, 2.05) is 0 Å². The van der Waals surface area contributed by atoms with Gasteiger partial charge in [-0.25, -0.2) is 0 Å². The predicted molar refractivity (Wildman–Crippen MR) is 80.8 cm³/mol. The van der Waals surface area contributed by atoms with Gasteiger partial charge in [-0.1, -0.05) is 39.3 Å². The van der Waals surface area contributed by atoms with Crippen molar-refractivity contribution in [3.8, 4) is 0 Å². The Bertz CT molecular complexity index is 422. The van der Waals surface area contributed by atoms with E-state index in [1.165, 1.54) is 44.9 Å². The number of allylic oxidation sites excluding steroid dienone is 1. The molecule has 0 aromatic heterocycles. The highest BCUT2D eigenvalue weighted by Gasteiger charge is 2.71. The number of rotatable bonds is 1. The van der Waals surface area contributed by atoms with E-state index in [0.29, 0.717) is 5.41 Å². The molecule has 0 aliphatic heterocycles. The lowest BCUT2D eigenvalue weighted by Gasteiger charge is -2.54. The molecule has 1 spiro atoms. The zero-order valence-corrected chi connectivity index (χ0v) is 13.0. The lowest BCUT2D eigenvalue weighted by atomic mass is 9.50. The Kier molecular flexibility index (Phi) is 2.42. The van der Waals surface area contributed by atoms with Crippen LogP contribution in [0, 0.1) is 40.4 Å². The Morgan fingerprint density at radius 2 is 2.00 bits per heavy atom. The molecule has 0 heteroatoms. The van der Waals surface area contributed by atoms with Crippen molar-refractivity contribution in [2.24, 2.45) is 40.4 Å². The van der Waals surface area contributed by atoms with Crippen LogP contribution in [0.1, 0.15) is 65.7 Å². The van der Waals surface area contributed by atoms with Crippen LogP contribution in [-0.4, -0.2) is 0 Å². The van der Waals surface area contributed by atoms with Gasteiger partial charge in [0.05, 0.1) is 0 Å². The van der Waals surface area contributed by atoms with E-state index in [2.05, 4.69) is 27.4 Å². The molecule has 0 aromatic carbocycles. The lowest BCUT2D eigenvalue weighted by molar-refractivity contribution is -0.0620. The molecule has 4 aliphatic rings. The minimum Gasteiger partial charge on any atom is -0.0995 e. The molecule has 4 fully saturated rings. The molecule has 0 radical (unpaired) electrons. The lowest BCUT2D eigenvalue weighted by Crippen LogP contribution is -2.48. The van der Waals surface area contributed by atoms with E-state index in [9.17, 15) is 0 Å². The van der Waals surface area contributed by atoms with Crippen LogP contribution in [0.25, 0.3) is 0 Å². The van der Waals surface area contributed by atoms with Crippen molar-refractivity contribution in [1.82, 2.24) is 0 Å². The molecule has 4 aliphatic carbocycles. The molecular formula is C19H30. The van der Waals surface area contributed by atoms with Crippen LogP contribution in [0.15, 0.2) is 12.2 Å². The van der Waals surface area contributed by atoms with Gasteiger partial charge in [-0.3, -0.25) is 0 Å². The van der Waals surface area contributed by atoms with Crippen LogP contribution < -0.4 is 0 Å². The average Bonchev–Trinajstić information content (AvgIpc) is 2.98. The SMILES string of the molecule is C=C1CC23C(CCC4(C)CC42)C(C)CCC3C1CC. The Balaban J connectivity index is 1.79. The highest BCUT2D eigenvalue weighted by atomic mass is 14.8. The van der Waals surface area contributed by atoms with E-state index in [-0.39, 0.29) is 0 Å². The summed E-state index contributed by atoms with van der Waals surface area (Å²) in [5.74, 6) is 4.92. The molecule has 0 bridgehead atoms. The van der Waals surface area contributed by atoms with E-state index in [1.54, 1.807) is 5.57 Å². The monoisotopic (exact) mass is 258 g/mol. The van der Waals surface area contributed by atoms with Crippen LogP contribution in [0.3, 0.4) is 0 Å². The first-order valence-corrected chi connectivity index (χ1v) is 8.70. The molecule has 4 saturated carbocycles. The Morgan fingerprint density at radius 1 is 1.21 bits per heavy atom. The second kappa shape index (κ2) is 3.68. The molecular weight excluding hydrogens is 228 g/mol. The van der Waals surface area contributed by atoms with E-state index < -0.39 is 0 Å². The number of hydrogen-bond donors (Lipinski definition) is 0. The first kappa shape index (κ1) is 12.5. The summed E-state index contributed by atoms with van der Waals surface area (Å²) in [7, 11) is 0. The van der Waals surface area contributed by atoms with Crippen molar-refractivity contribution in [2.45, 2.75) is 65.7 Å². The molecule has 4 rings (SSSR count). The van der Waals surface area contributed by atoms with Crippen LogP contribution in [0.4, 0.5) is 0 Å². The maximum atomic E-state index is 4.52. The van der Waals surface area contributed by atoms with Gasteiger partial charge in [-0.2, -0.15) is 0 Å². The third kappa shape index (κ3) is 1.37. The van der Waals surface area contributed by atoms with Crippen molar-refractivity contribution in [3.63, 3.8) is 0 Å². The van der Waals surface area contributed by atoms with Gasteiger partial charge in [0, 0.05) is 0 Å². The zero-order valence-electron chi connectivity index (χ0n) is 13.0. The molecule has 0 N–H and O–H groups in total. The first-order valence-electron chi connectivity index (χ1n) is 8.70. The minimum atomic E-state index is 0.697. The Hall–Kier alpha value is -0.260. The zero-order chi connectivity index (χ0) is 13.4. The summed E-state index contributed by atoms with van der Waals surface area (Å²) in [6.07, 6.45) is 10.3. The van der Waals surface area contributed by atoms with Crippen molar-refractivity contribution >= 4 is 0 Å². The van der Waals surface area contributed by atoms with Crippen LogP contribution in [0.5, 0.6) is 0 Å². The molecule has 7 atom stereocenters. The third-order valence-electron chi connectivity index (χ3n) is 8.01. The average molecular weight is 258 g/mol. The molecule has 106 valence electrons. The van der Waals surface area contributed by atoms with Gasteiger partial charge in [0.25, 0.3) is 0 Å². The molecule has 0 heterocycles. The van der Waals surface area contributed by atoms with Gasteiger partial charge in [-0.15, -0.1) is 0 Å². The normalized spacial score (nSPS) is 59.3. The van der Waals surface area contributed by atoms with Gasteiger partial charge in [0.15, 0.2) is 0 Å². The summed E-state index contributed by atoms with van der Waals surface area (Å²) < 4.78 is 0. The molecule has 0 nitrogen and oxygen atoms in total. The van der Waals surface area contributed by atoms with Crippen molar-refractivity contribution in [1.29, 1.82) is 0 Å². The van der Waals surface area contributed by atoms with Gasteiger partial charge in [0.2, 0.25) is 0 Å². The fourth-order valence-corrected chi connectivity index (χ4v) is 7.14. The minimum absolute atomic E-state index is 0.697. The summed E-state index contributed by atoms with van der Waals surface area (Å²) >= 11 is 0. The Morgan fingerprint density at radius 3 is 2.74 bits per heavy atom. The smallest absolute Gasteiger partial charge is 0.0162 e. The predicted octanol–water partition coefficient (Wildman–Crippen LogP) is 5.44. The first-order chi connectivity index (χ1) is 9.03. The van der Waals surface area contributed by atoms with Crippen molar-refractivity contribution in [3.05, 3.63) is 12.2 Å². The van der Waals surface area contributed by atoms with Crippen LogP contribution >= 0.6 is 0 Å². The molecule has 0 saturated heterocycles. The van der Waals surface area contributed by atoms with Gasteiger partial charge in [0.1, 0.15) is 0 Å². The summed E-state index contributed by atoms with van der Waals surface area (Å²) in [4.78, 5) is 0. The fraction of sp³-hybridized carbons (Fsp3) is 0.895. The second-order valence-electron chi connectivity index (χ2n) is 8.68. The number of hydrogen-bond acceptors (Lipinski definition) is 0. The highest BCUT2D eigenvalue weighted by Crippen LogP contribution is 2.79. The van der Waals surface area contributed by atoms with Gasteiger partial charge < -0.3 is 0 Å². The maximum Gasteiger partial charge on any atom is -0.0162 e. The summed E-state index contributed by atoms with van der Waals surface area (Å²) in [5.41, 5.74) is 3.06. The van der Waals surface area contributed by atoms with Crippen LogP contribution in [0.2, 0.25) is 0 Å². The maximum absolute atomic E-state index is 4.52. The second-order valence-corrected chi connectivity index (χ2v) is 8.68.